The first-order chi connectivity index (χ1) is 31.2. The quantitative estimate of drug-likeness (QED) is 0.153. The highest BCUT2D eigenvalue weighted by Crippen LogP contribution is 2.45. The van der Waals surface area contributed by atoms with Gasteiger partial charge in [0.15, 0.2) is 0 Å². The number of benzene rings is 10. The lowest BCUT2D eigenvalue weighted by Gasteiger charge is -2.26. The number of fused-ring (bicyclic) bond motifs is 6. The normalized spacial score (nSPS) is 11.5. The summed E-state index contributed by atoms with van der Waals surface area (Å²) in [7, 11) is 0. The van der Waals surface area contributed by atoms with Gasteiger partial charge in [0.05, 0.1) is 11.0 Å². The van der Waals surface area contributed by atoms with E-state index in [9.17, 15) is 0 Å². The smallest absolute Gasteiger partial charge is 0.143 e. The highest BCUT2D eigenvalue weighted by molar-refractivity contribution is 6.20. The highest BCUT2D eigenvalue weighted by Gasteiger charge is 2.21. The summed E-state index contributed by atoms with van der Waals surface area (Å²) in [5.74, 6) is 0. The Morgan fingerprint density at radius 2 is 0.794 bits per heavy atom. The molecule has 12 rings (SSSR count). The minimum absolute atomic E-state index is 0.882. The van der Waals surface area contributed by atoms with Gasteiger partial charge in [-0.1, -0.05) is 164 Å². The largest absolute Gasteiger partial charge is 0.455 e. The van der Waals surface area contributed by atoms with E-state index in [0.717, 1.165) is 72.5 Å². The van der Waals surface area contributed by atoms with Gasteiger partial charge in [-0.2, -0.15) is 0 Å². The van der Waals surface area contributed by atoms with E-state index in [0.29, 0.717) is 0 Å². The summed E-state index contributed by atoms with van der Waals surface area (Å²) in [4.78, 5) is 2.34. The number of aromatic nitrogens is 1. The molecule has 0 unspecified atom stereocenters. The SMILES string of the molecule is c1ccc(-c2ccc(N(c3ccc(-c4ccccc4)cc3)c3ccc(-c4cc(-c5cccc6c5c5ccccc5n6-c5ccccc5)c5oc6ccccc6c5c4)cc3)cc2)cc1. The van der Waals surface area contributed by atoms with E-state index in [1.165, 1.54) is 38.5 Å². The van der Waals surface area contributed by atoms with E-state index in [1.807, 2.05) is 6.07 Å². The zero-order valence-electron chi connectivity index (χ0n) is 34.4. The molecule has 0 fully saturated rings. The number of para-hydroxylation sites is 3. The molecule has 0 aliphatic heterocycles. The van der Waals surface area contributed by atoms with Gasteiger partial charge in [-0.15, -0.1) is 0 Å². The van der Waals surface area contributed by atoms with E-state index in [2.05, 4.69) is 246 Å². The van der Waals surface area contributed by atoms with Gasteiger partial charge >= 0.3 is 0 Å². The van der Waals surface area contributed by atoms with Crippen LogP contribution in [0.25, 0.3) is 93.9 Å². The van der Waals surface area contributed by atoms with Crippen LogP contribution in [-0.2, 0) is 0 Å². The third-order valence-corrected chi connectivity index (χ3v) is 12.4. The van der Waals surface area contributed by atoms with Crippen LogP contribution in [0.15, 0.2) is 247 Å². The molecule has 3 heteroatoms. The summed E-state index contributed by atoms with van der Waals surface area (Å²) in [6.45, 7) is 0. The summed E-state index contributed by atoms with van der Waals surface area (Å²) in [5.41, 5.74) is 17.8. The Balaban J connectivity index is 1.00. The average Bonchev–Trinajstić information content (AvgIpc) is 3.91. The standard InChI is InChI=1S/C60H40N2O/c1-4-15-41(16-5-1)43-27-33-48(34-28-43)61(49-35-29-44(30-36-49)42-17-6-2-7-18-42)50-37-31-45(32-38-50)46-39-54-51-21-11-13-26-58(51)63-60(54)55(40-46)52-23-14-25-57-59(52)53-22-10-12-24-56(53)62(57)47-19-8-3-9-20-47/h1-40H. The first kappa shape index (κ1) is 36.5. The number of nitrogens with zero attached hydrogens (tertiary/aromatic N) is 2. The fourth-order valence-electron chi connectivity index (χ4n) is 9.41. The summed E-state index contributed by atoms with van der Waals surface area (Å²) < 4.78 is 9.17. The molecule has 3 nitrogen and oxygen atoms in total. The fourth-order valence-corrected chi connectivity index (χ4v) is 9.41. The molecule has 0 saturated carbocycles. The Bertz CT molecular complexity index is 3490. The van der Waals surface area contributed by atoms with Crippen molar-refractivity contribution in [2.24, 2.45) is 0 Å². The molecule has 63 heavy (non-hydrogen) atoms. The molecule has 0 aliphatic carbocycles. The zero-order valence-corrected chi connectivity index (χ0v) is 34.4. The van der Waals surface area contributed by atoms with Crippen molar-refractivity contribution in [1.29, 1.82) is 0 Å². The van der Waals surface area contributed by atoms with Crippen molar-refractivity contribution in [2.45, 2.75) is 0 Å². The van der Waals surface area contributed by atoms with Gasteiger partial charge in [0.25, 0.3) is 0 Å². The molecule has 0 atom stereocenters. The van der Waals surface area contributed by atoms with Gasteiger partial charge in [-0.25, -0.2) is 0 Å². The van der Waals surface area contributed by atoms with E-state index in [-0.39, 0.29) is 0 Å². The van der Waals surface area contributed by atoms with Crippen LogP contribution in [0.1, 0.15) is 0 Å². The van der Waals surface area contributed by atoms with Gasteiger partial charge in [-0.3, -0.25) is 0 Å². The maximum Gasteiger partial charge on any atom is 0.143 e. The topological polar surface area (TPSA) is 21.3 Å². The van der Waals surface area contributed by atoms with Gasteiger partial charge in [0, 0.05) is 49.9 Å². The molecular weight excluding hydrogens is 765 g/mol. The molecular formula is C60H40N2O. The van der Waals surface area contributed by atoms with Gasteiger partial charge in [-0.05, 0) is 118 Å². The number of hydrogen-bond donors (Lipinski definition) is 0. The molecule has 0 spiro atoms. The third-order valence-electron chi connectivity index (χ3n) is 12.4. The summed E-state index contributed by atoms with van der Waals surface area (Å²) in [6.07, 6.45) is 0. The maximum atomic E-state index is 6.79. The van der Waals surface area contributed by atoms with Gasteiger partial charge in [0.1, 0.15) is 11.2 Å². The number of anilines is 3. The lowest BCUT2D eigenvalue weighted by molar-refractivity contribution is 0.670. The monoisotopic (exact) mass is 804 g/mol. The van der Waals surface area contributed by atoms with Crippen LogP contribution < -0.4 is 4.90 Å². The van der Waals surface area contributed by atoms with E-state index in [1.54, 1.807) is 0 Å². The number of hydrogen-bond acceptors (Lipinski definition) is 2. The van der Waals surface area contributed by atoms with Crippen molar-refractivity contribution in [2.75, 3.05) is 4.90 Å². The van der Waals surface area contributed by atoms with Crippen LogP contribution in [0.2, 0.25) is 0 Å². The second-order valence-electron chi connectivity index (χ2n) is 16.1. The average molecular weight is 805 g/mol. The molecule has 0 bridgehead atoms. The third kappa shape index (κ3) is 6.38. The molecule has 296 valence electrons. The number of furan rings is 1. The van der Waals surface area contributed by atoms with Crippen LogP contribution in [-0.4, -0.2) is 4.57 Å². The predicted molar refractivity (Wildman–Crippen MR) is 264 cm³/mol. The molecule has 0 N–H and O–H groups in total. The van der Waals surface area contributed by atoms with E-state index in [4.69, 9.17) is 4.42 Å². The zero-order chi connectivity index (χ0) is 41.7. The number of rotatable bonds is 8. The first-order valence-electron chi connectivity index (χ1n) is 21.5. The Morgan fingerprint density at radius 1 is 0.317 bits per heavy atom. The second-order valence-corrected chi connectivity index (χ2v) is 16.1. The summed E-state index contributed by atoms with van der Waals surface area (Å²) in [6, 6.07) is 87.0. The van der Waals surface area contributed by atoms with Gasteiger partial charge < -0.3 is 13.9 Å². The van der Waals surface area contributed by atoms with Crippen LogP contribution in [0.4, 0.5) is 17.1 Å². The Labute approximate surface area is 366 Å². The Kier molecular flexibility index (Phi) is 8.83. The van der Waals surface area contributed by atoms with Crippen molar-refractivity contribution in [3.05, 3.63) is 243 Å². The molecule has 10 aromatic carbocycles. The van der Waals surface area contributed by atoms with Gasteiger partial charge in [0.2, 0.25) is 0 Å². The van der Waals surface area contributed by atoms with Crippen LogP contribution in [0.5, 0.6) is 0 Å². The predicted octanol–water partition coefficient (Wildman–Crippen LogP) is 16.8. The van der Waals surface area contributed by atoms with Crippen molar-refractivity contribution >= 4 is 60.8 Å². The molecule has 0 radical (unpaired) electrons. The van der Waals surface area contributed by atoms with Crippen LogP contribution in [0.3, 0.4) is 0 Å². The molecule has 12 aromatic rings. The second kappa shape index (κ2) is 15.3. The van der Waals surface area contributed by atoms with Crippen molar-refractivity contribution in [3.8, 4) is 50.2 Å². The highest BCUT2D eigenvalue weighted by atomic mass is 16.3. The maximum absolute atomic E-state index is 6.79. The van der Waals surface area contributed by atoms with Crippen molar-refractivity contribution in [1.82, 2.24) is 4.57 Å². The molecule has 0 saturated heterocycles. The molecule has 2 aromatic heterocycles. The van der Waals surface area contributed by atoms with E-state index < -0.39 is 0 Å². The lowest BCUT2D eigenvalue weighted by atomic mass is 9.93. The van der Waals surface area contributed by atoms with Crippen molar-refractivity contribution < 1.29 is 4.42 Å². The molecule has 2 heterocycles. The minimum Gasteiger partial charge on any atom is -0.455 e. The van der Waals surface area contributed by atoms with Crippen LogP contribution in [0, 0.1) is 0 Å². The van der Waals surface area contributed by atoms with E-state index >= 15 is 0 Å². The lowest BCUT2D eigenvalue weighted by Crippen LogP contribution is -2.09. The minimum atomic E-state index is 0.882. The summed E-state index contributed by atoms with van der Waals surface area (Å²) >= 11 is 0. The molecule has 0 aliphatic rings. The summed E-state index contributed by atoms with van der Waals surface area (Å²) in [5, 5.41) is 4.62. The Hall–Kier alpha value is -8.40. The Morgan fingerprint density at radius 3 is 1.40 bits per heavy atom. The van der Waals surface area contributed by atoms with Crippen molar-refractivity contribution in [3.63, 3.8) is 0 Å². The van der Waals surface area contributed by atoms with Crippen LogP contribution >= 0.6 is 0 Å². The molecule has 0 amide bonds. The first-order valence-corrected chi connectivity index (χ1v) is 21.5. The fraction of sp³-hybridized carbons (Fsp3) is 0.